The van der Waals surface area contributed by atoms with Gasteiger partial charge >= 0.3 is 5.69 Å². The van der Waals surface area contributed by atoms with Crippen molar-refractivity contribution >= 4 is 23.3 Å². The molecule has 1 aromatic heterocycles. The van der Waals surface area contributed by atoms with Crippen molar-refractivity contribution in [3.05, 3.63) is 45.8 Å². The summed E-state index contributed by atoms with van der Waals surface area (Å²) < 4.78 is 0. The average Bonchev–Trinajstić information content (AvgIpc) is 2.41. The maximum Gasteiger partial charge on any atom is 0.343 e. The van der Waals surface area contributed by atoms with Gasteiger partial charge in [0.2, 0.25) is 5.82 Å². The second-order valence-corrected chi connectivity index (χ2v) is 5.28. The van der Waals surface area contributed by atoms with E-state index in [1.807, 2.05) is 32.0 Å². The van der Waals surface area contributed by atoms with Crippen molar-refractivity contribution in [2.45, 2.75) is 23.8 Å². The Kier molecular flexibility index (Phi) is 4.19. The molecular weight excluding hydrogens is 276 g/mol. The number of aryl methyl sites for hydroxylation is 2. The molecule has 20 heavy (non-hydrogen) atoms. The maximum absolute atomic E-state index is 11.2. The van der Waals surface area contributed by atoms with E-state index in [0.29, 0.717) is 5.03 Å². The van der Waals surface area contributed by atoms with Gasteiger partial charge in [0.05, 0.1) is 4.92 Å². The number of hydrogen-bond acceptors (Lipinski definition) is 6. The number of nitrogens with one attached hydrogen (secondary N) is 1. The van der Waals surface area contributed by atoms with Gasteiger partial charge in [-0.2, -0.15) is 0 Å². The fourth-order valence-electron chi connectivity index (χ4n) is 1.80. The third-order valence-corrected chi connectivity index (χ3v) is 3.92. The van der Waals surface area contributed by atoms with E-state index in [2.05, 4.69) is 15.3 Å². The Bertz CT molecular complexity index is 661. The van der Waals surface area contributed by atoms with Crippen LogP contribution >= 0.6 is 11.8 Å². The van der Waals surface area contributed by atoms with Gasteiger partial charge in [0.15, 0.2) is 5.03 Å². The van der Waals surface area contributed by atoms with Gasteiger partial charge in [-0.15, -0.1) is 0 Å². The van der Waals surface area contributed by atoms with Crippen molar-refractivity contribution in [3.8, 4) is 0 Å². The van der Waals surface area contributed by atoms with Crippen molar-refractivity contribution in [2.24, 2.45) is 0 Å². The largest absolute Gasteiger partial charge is 0.367 e. The summed E-state index contributed by atoms with van der Waals surface area (Å²) >= 11 is 1.27. The Labute approximate surface area is 120 Å². The minimum absolute atomic E-state index is 0.0972. The Hall–Kier alpha value is -2.15. The minimum atomic E-state index is -0.461. The summed E-state index contributed by atoms with van der Waals surface area (Å²) in [4.78, 5) is 19.6. The maximum atomic E-state index is 11.2. The normalized spacial score (nSPS) is 10.3. The third kappa shape index (κ3) is 2.88. The van der Waals surface area contributed by atoms with Crippen LogP contribution < -0.4 is 5.32 Å². The molecule has 0 aliphatic rings. The third-order valence-electron chi connectivity index (χ3n) is 2.75. The monoisotopic (exact) mass is 290 g/mol. The number of benzene rings is 1. The summed E-state index contributed by atoms with van der Waals surface area (Å²) in [6, 6.07) is 5.95. The molecule has 1 heterocycles. The molecule has 7 heteroatoms. The number of nitro groups is 1. The average molecular weight is 290 g/mol. The summed E-state index contributed by atoms with van der Waals surface area (Å²) in [5, 5.41) is 14.3. The number of anilines is 1. The quantitative estimate of drug-likeness (QED) is 0.529. The molecule has 0 saturated carbocycles. The van der Waals surface area contributed by atoms with E-state index >= 15 is 0 Å². The summed E-state index contributed by atoms with van der Waals surface area (Å²) in [5.41, 5.74) is 2.12. The molecule has 0 unspecified atom stereocenters. The van der Waals surface area contributed by atoms with Crippen molar-refractivity contribution in [1.82, 2.24) is 9.97 Å². The SMILES string of the molecule is CNc1ncnc(Sc2ccc(C)cc2C)c1[N+](=O)[O-]. The van der Waals surface area contributed by atoms with Crippen LogP contribution in [-0.2, 0) is 0 Å². The number of rotatable bonds is 4. The van der Waals surface area contributed by atoms with Gasteiger partial charge in [0, 0.05) is 11.9 Å². The highest BCUT2D eigenvalue weighted by molar-refractivity contribution is 7.99. The van der Waals surface area contributed by atoms with Crippen LogP contribution in [-0.4, -0.2) is 21.9 Å². The molecular formula is C13H14N4O2S. The topological polar surface area (TPSA) is 81.0 Å². The van der Waals surface area contributed by atoms with Gasteiger partial charge in [-0.25, -0.2) is 9.97 Å². The van der Waals surface area contributed by atoms with Gasteiger partial charge in [0.25, 0.3) is 0 Å². The number of hydrogen-bond donors (Lipinski definition) is 1. The molecule has 0 saturated heterocycles. The molecule has 0 aliphatic heterocycles. The summed E-state index contributed by atoms with van der Waals surface area (Å²) in [6.45, 7) is 3.98. The first kappa shape index (κ1) is 14.3. The van der Waals surface area contributed by atoms with Crippen molar-refractivity contribution in [1.29, 1.82) is 0 Å². The molecule has 104 valence electrons. The second kappa shape index (κ2) is 5.87. The first-order valence-corrected chi connectivity index (χ1v) is 6.77. The lowest BCUT2D eigenvalue weighted by Crippen LogP contribution is -2.02. The summed E-state index contributed by atoms with van der Waals surface area (Å²) in [7, 11) is 1.60. The fourth-order valence-corrected chi connectivity index (χ4v) is 2.73. The first-order chi connectivity index (χ1) is 9.52. The van der Waals surface area contributed by atoms with E-state index in [4.69, 9.17) is 0 Å². The van der Waals surface area contributed by atoms with Crippen molar-refractivity contribution in [2.75, 3.05) is 12.4 Å². The molecule has 1 aromatic carbocycles. The van der Waals surface area contributed by atoms with Crippen LogP contribution in [0, 0.1) is 24.0 Å². The van der Waals surface area contributed by atoms with Gasteiger partial charge in [-0.05, 0) is 25.5 Å². The highest BCUT2D eigenvalue weighted by Crippen LogP contribution is 2.37. The molecule has 6 nitrogen and oxygen atoms in total. The molecule has 0 spiro atoms. The minimum Gasteiger partial charge on any atom is -0.367 e. The number of nitrogens with zero attached hydrogens (tertiary/aromatic N) is 3. The van der Waals surface area contributed by atoms with E-state index in [0.717, 1.165) is 16.0 Å². The predicted molar refractivity (Wildman–Crippen MR) is 78.3 cm³/mol. The molecule has 0 fully saturated rings. The van der Waals surface area contributed by atoms with E-state index in [1.165, 1.54) is 18.1 Å². The van der Waals surface area contributed by atoms with Crippen molar-refractivity contribution in [3.63, 3.8) is 0 Å². The molecule has 2 rings (SSSR count). The zero-order chi connectivity index (χ0) is 14.7. The van der Waals surface area contributed by atoms with Gasteiger partial charge in [-0.3, -0.25) is 10.1 Å². The lowest BCUT2D eigenvalue weighted by atomic mass is 10.2. The molecule has 0 radical (unpaired) electrons. The summed E-state index contributed by atoms with van der Waals surface area (Å²) in [6.07, 6.45) is 1.32. The molecule has 2 aromatic rings. The van der Waals surface area contributed by atoms with Crippen LogP contribution in [0.1, 0.15) is 11.1 Å². The van der Waals surface area contributed by atoms with E-state index in [9.17, 15) is 10.1 Å². The second-order valence-electron chi connectivity index (χ2n) is 4.25. The van der Waals surface area contributed by atoms with E-state index < -0.39 is 4.92 Å². The lowest BCUT2D eigenvalue weighted by Gasteiger charge is -2.08. The standard InChI is InChI=1S/C13H14N4O2S/c1-8-4-5-10(9(2)6-8)20-13-11(17(18)19)12(14-3)15-7-16-13/h4-7H,1-3H3,(H,14,15,16). The Balaban J connectivity index is 2.45. The Morgan fingerprint density at radius 3 is 2.65 bits per heavy atom. The van der Waals surface area contributed by atoms with Gasteiger partial charge in [0.1, 0.15) is 6.33 Å². The van der Waals surface area contributed by atoms with E-state index in [-0.39, 0.29) is 11.5 Å². The smallest absolute Gasteiger partial charge is 0.343 e. The highest BCUT2D eigenvalue weighted by Gasteiger charge is 2.23. The molecule has 0 amide bonds. The molecule has 0 bridgehead atoms. The van der Waals surface area contributed by atoms with Crippen LogP contribution in [0.4, 0.5) is 11.5 Å². The van der Waals surface area contributed by atoms with Crippen LogP contribution in [0.2, 0.25) is 0 Å². The zero-order valence-electron chi connectivity index (χ0n) is 11.4. The Morgan fingerprint density at radius 1 is 1.30 bits per heavy atom. The summed E-state index contributed by atoms with van der Waals surface area (Å²) in [5.74, 6) is 0.220. The first-order valence-electron chi connectivity index (χ1n) is 5.95. The van der Waals surface area contributed by atoms with Crippen LogP contribution in [0.25, 0.3) is 0 Å². The van der Waals surface area contributed by atoms with Crippen LogP contribution in [0.15, 0.2) is 34.4 Å². The van der Waals surface area contributed by atoms with Crippen LogP contribution in [0.5, 0.6) is 0 Å². The van der Waals surface area contributed by atoms with Crippen molar-refractivity contribution < 1.29 is 4.92 Å². The molecule has 1 N–H and O–H groups in total. The van der Waals surface area contributed by atoms with Gasteiger partial charge in [-0.1, -0.05) is 29.5 Å². The zero-order valence-corrected chi connectivity index (χ0v) is 12.2. The Morgan fingerprint density at radius 2 is 2.05 bits per heavy atom. The molecule has 0 atom stereocenters. The molecule has 0 aliphatic carbocycles. The fraction of sp³-hybridized carbons (Fsp3) is 0.231. The van der Waals surface area contributed by atoms with E-state index in [1.54, 1.807) is 7.05 Å². The number of aromatic nitrogens is 2. The highest BCUT2D eigenvalue weighted by atomic mass is 32.2. The van der Waals surface area contributed by atoms with Gasteiger partial charge < -0.3 is 5.32 Å². The van der Waals surface area contributed by atoms with Crippen LogP contribution in [0.3, 0.4) is 0 Å². The predicted octanol–water partition coefficient (Wildman–Crippen LogP) is 3.19. The lowest BCUT2D eigenvalue weighted by molar-refractivity contribution is -0.387.